The lowest BCUT2D eigenvalue weighted by Gasteiger charge is -2.26. The first-order chi connectivity index (χ1) is 17.7. The molecule has 1 amide bonds. The highest BCUT2D eigenvalue weighted by Gasteiger charge is 2.46. The molecule has 1 fully saturated rings. The molecule has 0 saturated carbocycles. The lowest BCUT2D eigenvalue weighted by Crippen LogP contribution is -2.29. The Bertz CT molecular complexity index is 1430. The number of aliphatic hydroxyl groups is 1. The second-order valence-electron chi connectivity index (χ2n) is 8.98. The monoisotopic (exact) mass is 500 g/mol. The Labute approximate surface area is 212 Å². The van der Waals surface area contributed by atoms with Gasteiger partial charge in [0.15, 0.2) is 11.5 Å². The van der Waals surface area contributed by atoms with Crippen molar-refractivity contribution in [2.24, 2.45) is 0 Å². The Morgan fingerprint density at radius 1 is 0.919 bits per heavy atom. The second-order valence-corrected chi connectivity index (χ2v) is 8.98. The smallest absolute Gasteiger partial charge is 0.335 e. The molecule has 0 radical (unpaired) electrons. The van der Waals surface area contributed by atoms with Gasteiger partial charge in [0, 0.05) is 31.9 Å². The summed E-state index contributed by atoms with van der Waals surface area (Å²) in [6.45, 7) is 0.103. The number of hydrogen-bond acceptors (Lipinski definition) is 7. The van der Waals surface area contributed by atoms with Crippen LogP contribution in [0.2, 0.25) is 0 Å². The molecule has 2 N–H and O–H groups in total. The van der Waals surface area contributed by atoms with E-state index in [0.717, 1.165) is 5.69 Å². The highest BCUT2D eigenvalue weighted by Crippen LogP contribution is 2.42. The highest BCUT2D eigenvalue weighted by molar-refractivity contribution is 6.46. The third kappa shape index (κ3) is 4.35. The molecule has 9 nitrogen and oxygen atoms in total. The van der Waals surface area contributed by atoms with Crippen molar-refractivity contribution in [3.63, 3.8) is 0 Å². The second kappa shape index (κ2) is 9.34. The average Bonchev–Trinajstić information content (AvgIpc) is 3.46. The third-order valence-electron chi connectivity index (χ3n) is 6.46. The van der Waals surface area contributed by atoms with Gasteiger partial charge in [-0.1, -0.05) is 24.3 Å². The summed E-state index contributed by atoms with van der Waals surface area (Å²) >= 11 is 0. The fraction of sp³-hybridized carbons (Fsp3) is 0.179. The van der Waals surface area contributed by atoms with E-state index in [1.165, 1.54) is 17.0 Å². The molecular weight excluding hydrogens is 476 g/mol. The molecule has 2 heterocycles. The zero-order chi connectivity index (χ0) is 26.3. The number of Topliss-reactive ketones (excluding diaryl/α,β-unsaturated/α-hetero) is 1. The van der Waals surface area contributed by atoms with Crippen molar-refractivity contribution in [3.8, 4) is 11.5 Å². The molecule has 1 unspecified atom stereocenters. The van der Waals surface area contributed by atoms with Gasteiger partial charge in [0.05, 0.1) is 17.2 Å². The molecule has 1 atom stereocenters. The summed E-state index contributed by atoms with van der Waals surface area (Å²) < 4.78 is 10.7. The molecular formula is C28H24N2O7. The van der Waals surface area contributed by atoms with Gasteiger partial charge in [-0.15, -0.1) is 0 Å². The van der Waals surface area contributed by atoms with Gasteiger partial charge in [-0.05, 0) is 53.6 Å². The molecule has 0 aliphatic carbocycles. The van der Waals surface area contributed by atoms with Crippen LogP contribution < -0.4 is 14.4 Å². The number of fused-ring (bicyclic) bond motifs is 1. The molecule has 2 aliphatic heterocycles. The number of amides is 1. The lowest BCUT2D eigenvalue weighted by molar-refractivity contribution is -0.140. The van der Waals surface area contributed by atoms with E-state index in [1.807, 2.05) is 43.3 Å². The van der Waals surface area contributed by atoms with Crippen LogP contribution in [0.4, 0.5) is 5.69 Å². The number of carbonyl (C=O) groups excluding carboxylic acids is 2. The Kier molecular flexibility index (Phi) is 6.04. The average molecular weight is 501 g/mol. The number of hydrogen-bond donors (Lipinski definition) is 2. The summed E-state index contributed by atoms with van der Waals surface area (Å²) in [6, 6.07) is 17.4. The summed E-state index contributed by atoms with van der Waals surface area (Å²) in [7, 11) is 3.81. The Hall–Kier alpha value is -4.79. The van der Waals surface area contributed by atoms with E-state index in [1.54, 1.807) is 30.3 Å². The summed E-state index contributed by atoms with van der Waals surface area (Å²) in [5.74, 6) is -1.98. The highest BCUT2D eigenvalue weighted by atomic mass is 16.7. The maximum absolute atomic E-state index is 13.3. The number of carboxylic acid groups (broad SMARTS) is 1. The Balaban J connectivity index is 1.60. The molecule has 188 valence electrons. The number of aliphatic hydroxyl groups excluding tert-OH is 1. The normalized spacial score (nSPS) is 17.8. The van der Waals surface area contributed by atoms with E-state index in [9.17, 15) is 24.6 Å². The number of likely N-dealkylation sites (tertiary alicyclic amines) is 1. The summed E-state index contributed by atoms with van der Waals surface area (Å²) in [6.07, 6.45) is 0. The SMILES string of the molecule is CN(C)c1ccc(C2/C(=C(/O)c3ccc4c(c3)OCO4)C(=O)C(=O)N2Cc2ccc(C(=O)O)cc2)cc1. The molecule has 3 aromatic rings. The number of aromatic carboxylic acids is 1. The van der Waals surface area contributed by atoms with Gasteiger partial charge in [-0.2, -0.15) is 0 Å². The third-order valence-corrected chi connectivity index (χ3v) is 6.46. The van der Waals surface area contributed by atoms with Crippen LogP contribution >= 0.6 is 0 Å². The maximum atomic E-state index is 13.3. The summed E-state index contributed by atoms with van der Waals surface area (Å²) in [4.78, 5) is 41.1. The molecule has 5 rings (SSSR count). The van der Waals surface area contributed by atoms with Crippen LogP contribution in [0, 0.1) is 0 Å². The van der Waals surface area contributed by atoms with Gasteiger partial charge in [0.25, 0.3) is 11.7 Å². The van der Waals surface area contributed by atoms with E-state index in [4.69, 9.17) is 9.47 Å². The largest absolute Gasteiger partial charge is 0.507 e. The van der Waals surface area contributed by atoms with Crippen LogP contribution in [0.3, 0.4) is 0 Å². The predicted molar refractivity (Wildman–Crippen MR) is 135 cm³/mol. The van der Waals surface area contributed by atoms with Crippen molar-refractivity contribution in [2.45, 2.75) is 12.6 Å². The number of anilines is 1. The van der Waals surface area contributed by atoms with Crippen molar-refractivity contribution in [1.29, 1.82) is 0 Å². The molecule has 37 heavy (non-hydrogen) atoms. The molecule has 0 bridgehead atoms. The first-order valence-corrected chi connectivity index (χ1v) is 11.5. The van der Waals surface area contributed by atoms with Gasteiger partial charge >= 0.3 is 5.97 Å². The van der Waals surface area contributed by atoms with Crippen LogP contribution in [-0.4, -0.2) is 53.7 Å². The maximum Gasteiger partial charge on any atom is 0.335 e. The first kappa shape index (κ1) is 23.9. The van der Waals surface area contributed by atoms with Crippen LogP contribution in [-0.2, 0) is 16.1 Å². The summed E-state index contributed by atoms with van der Waals surface area (Å²) in [5, 5.41) is 20.5. The molecule has 3 aromatic carbocycles. The van der Waals surface area contributed by atoms with E-state index in [-0.39, 0.29) is 30.2 Å². The van der Waals surface area contributed by atoms with Crippen LogP contribution in [0.5, 0.6) is 11.5 Å². The number of carboxylic acids is 1. The Morgan fingerprint density at radius 3 is 2.22 bits per heavy atom. The van der Waals surface area contributed by atoms with E-state index in [0.29, 0.717) is 28.2 Å². The molecule has 1 saturated heterocycles. The van der Waals surface area contributed by atoms with Gasteiger partial charge in [-0.25, -0.2) is 4.79 Å². The lowest BCUT2D eigenvalue weighted by atomic mass is 9.94. The molecule has 2 aliphatic rings. The number of rotatable bonds is 6. The van der Waals surface area contributed by atoms with Crippen molar-refractivity contribution in [3.05, 3.63) is 94.6 Å². The minimum Gasteiger partial charge on any atom is -0.507 e. The summed E-state index contributed by atoms with van der Waals surface area (Å²) in [5.41, 5.74) is 2.62. The first-order valence-electron chi connectivity index (χ1n) is 11.5. The number of benzene rings is 3. The number of ether oxygens (including phenoxy) is 2. The number of ketones is 1. The van der Waals surface area contributed by atoms with Crippen LogP contribution in [0.1, 0.15) is 33.1 Å². The quantitative estimate of drug-likeness (QED) is 0.298. The van der Waals surface area contributed by atoms with Crippen LogP contribution in [0.25, 0.3) is 5.76 Å². The van der Waals surface area contributed by atoms with E-state index in [2.05, 4.69) is 0 Å². The fourth-order valence-corrected chi connectivity index (χ4v) is 4.49. The standard InChI is InChI=1S/C28H24N2O7/c1-29(2)20-10-7-17(8-11-20)24-23(25(31)19-9-12-21-22(13-19)37-15-36-21)26(32)27(33)30(24)14-16-3-5-18(6-4-16)28(34)35/h3-13,24,31H,14-15H2,1-2H3,(H,34,35)/b25-23-. The van der Waals surface area contributed by atoms with E-state index < -0.39 is 23.7 Å². The molecule has 9 heteroatoms. The molecule has 0 aromatic heterocycles. The van der Waals surface area contributed by atoms with Gasteiger partial charge in [0.2, 0.25) is 6.79 Å². The zero-order valence-corrected chi connectivity index (χ0v) is 20.2. The number of nitrogens with zero attached hydrogens (tertiary/aromatic N) is 2. The van der Waals surface area contributed by atoms with Gasteiger partial charge in [-0.3, -0.25) is 9.59 Å². The molecule has 0 spiro atoms. The number of carbonyl (C=O) groups is 3. The minimum absolute atomic E-state index is 0.0383. The van der Waals surface area contributed by atoms with Crippen molar-refractivity contribution < 1.29 is 34.1 Å². The van der Waals surface area contributed by atoms with Gasteiger partial charge < -0.3 is 29.5 Å². The Morgan fingerprint density at radius 2 is 1.57 bits per heavy atom. The predicted octanol–water partition coefficient (Wildman–Crippen LogP) is 3.80. The topological polar surface area (TPSA) is 117 Å². The minimum atomic E-state index is -1.06. The van der Waals surface area contributed by atoms with Crippen molar-refractivity contribution in [1.82, 2.24) is 4.90 Å². The van der Waals surface area contributed by atoms with Crippen molar-refractivity contribution in [2.75, 3.05) is 25.8 Å². The zero-order valence-electron chi connectivity index (χ0n) is 20.2. The fourth-order valence-electron chi connectivity index (χ4n) is 4.49. The van der Waals surface area contributed by atoms with Gasteiger partial charge in [0.1, 0.15) is 5.76 Å². The van der Waals surface area contributed by atoms with Crippen molar-refractivity contribution >= 4 is 29.1 Å². The van der Waals surface area contributed by atoms with E-state index >= 15 is 0 Å². The van der Waals surface area contributed by atoms with Crippen LogP contribution in [0.15, 0.2) is 72.3 Å².